The Labute approximate surface area is 219 Å². The van der Waals surface area contributed by atoms with E-state index in [1.165, 1.54) is 34.7 Å². The Morgan fingerprint density at radius 3 is 2.51 bits per heavy atom. The number of para-hydroxylation sites is 1. The summed E-state index contributed by atoms with van der Waals surface area (Å²) in [4.78, 5) is 48.8. The minimum atomic E-state index is -0.698. The number of piperazine rings is 1. The van der Waals surface area contributed by atoms with Gasteiger partial charge in [0.05, 0.1) is 22.3 Å². The number of nitrogens with one attached hydrogen (secondary N) is 1. The molecule has 1 aromatic carbocycles. The van der Waals surface area contributed by atoms with Gasteiger partial charge in [-0.25, -0.2) is 9.37 Å². The number of anilines is 1. The Morgan fingerprint density at radius 1 is 1.11 bits per heavy atom. The van der Waals surface area contributed by atoms with Gasteiger partial charge < -0.3 is 15.1 Å². The van der Waals surface area contributed by atoms with E-state index in [2.05, 4.69) is 10.3 Å². The first kappa shape index (κ1) is 25.4. The quantitative estimate of drug-likeness (QED) is 0.546. The lowest BCUT2D eigenvalue weighted by Crippen LogP contribution is -2.49. The zero-order chi connectivity index (χ0) is 26.1. The maximum atomic E-state index is 14.2. The summed E-state index contributed by atoms with van der Waals surface area (Å²) in [6.07, 6.45) is 6.75. The van der Waals surface area contributed by atoms with Crippen molar-refractivity contribution in [1.29, 1.82) is 0 Å². The molecule has 1 saturated carbocycles. The van der Waals surface area contributed by atoms with Crippen LogP contribution in [0.3, 0.4) is 0 Å². The van der Waals surface area contributed by atoms with E-state index in [0.717, 1.165) is 25.7 Å². The molecule has 1 saturated heterocycles. The number of nitrogens with zero attached hydrogens (tertiary/aromatic N) is 4. The molecule has 0 bridgehead atoms. The van der Waals surface area contributed by atoms with Gasteiger partial charge in [0.2, 0.25) is 5.91 Å². The van der Waals surface area contributed by atoms with Crippen LogP contribution in [0.1, 0.15) is 60.3 Å². The predicted molar refractivity (Wildman–Crippen MR) is 143 cm³/mol. The van der Waals surface area contributed by atoms with Crippen LogP contribution in [0.2, 0.25) is 0 Å². The summed E-state index contributed by atoms with van der Waals surface area (Å²) in [6.45, 7) is 5.43. The fourth-order valence-corrected chi connectivity index (χ4v) is 6.42. The summed E-state index contributed by atoms with van der Waals surface area (Å²) in [6, 6.07) is 6.10. The molecule has 2 fully saturated rings. The molecule has 1 atom stereocenters. The molecule has 5 rings (SSSR count). The van der Waals surface area contributed by atoms with Crippen molar-refractivity contribution in [3.05, 3.63) is 57.2 Å². The third-order valence-electron chi connectivity index (χ3n) is 7.58. The number of amides is 2. The van der Waals surface area contributed by atoms with E-state index in [9.17, 15) is 18.8 Å². The van der Waals surface area contributed by atoms with E-state index in [1.807, 2.05) is 4.90 Å². The fraction of sp³-hybridized carbons (Fsp3) is 0.481. The molecular weight excluding hydrogens is 493 g/mol. The van der Waals surface area contributed by atoms with Gasteiger partial charge in [-0.2, -0.15) is 0 Å². The lowest BCUT2D eigenvalue weighted by molar-refractivity contribution is -0.124. The van der Waals surface area contributed by atoms with Gasteiger partial charge in [-0.05, 0) is 44.4 Å². The Balaban J connectivity index is 1.32. The molecular formula is C27H32FN5O3S. The SMILES string of the molecule is Cc1c(C(=O)N2CCN(c3ccccc3F)CC2)sc2ncn(C(C)C(=O)NC3CCCCC3)c(=O)c12. The van der Waals surface area contributed by atoms with Crippen molar-refractivity contribution in [3.8, 4) is 0 Å². The molecule has 10 heteroatoms. The molecule has 196 valence electrons. The van der Waals surface area contributed by atoms with Crippen molar-refractivity contribution >= 4 is 39.1 Å². The lowest BCUT2D eigenvalue weighted by Gasteiger charge is -2.36. The van der Waals surface area contributed by atoms with Gasteiger partial charge in [-0.15, -0.1) is 11.3 Å². The molecule has 1 aliphatic heterocycles. The standard InChI is InChI=1S/C27H32FN5O3S/c1-17-22-25(29-16-33(26(22)35)18(2)24(34)30-19-8-4-3-5-9-19)37-23(17)27(36)32-14-12-31(13-15-32)21-11-7-6-10-20(21)28/h6-7,10-11,16,18-19H,3-5,8-9,12-15H2,1-2H3,(H,30,34). The van der Waals surface area contributed by atoms with Gasteiger partial charge >= 0.3 is 0 Å². The number of halogens is 1. The second-order valence-corrected chi connectivity index (χ2v) is 10.9. The normalized spacial score (nSPS) is 17.7. The average Bonchev–Trinajstić information content (AvgIpc) is 3.26. The van der Waals surface area contributed by atoms with E-state index in [0.29, 0.717) is 52.5 Å². The Bertz CT molecular complexity index is 1370. The number of aromatic nitrogens is 2. The second kappa shape index (κ2) is 10.6. The van der Waals surface area contributed by atoms with Crippen LogP contribution < -0.4 is 15.8 Å². The summed E-state index contributed by atoms with van der Waals surface area (Å²) in [5.41, 5.74) is 0.820. The maximum absolute atomic E-state index is 14.2. The van der Waals surface area contributed by atoms with Crippen molar-refractivity contribution < 1.29 is 14.0 Å². The molecule has 1 unspecified atom stereocenters. The number of benzene rings is 1. The Hall–Kier alpha value is -3.27. The largest absolute Gasteiger partial charge is 0.366 e. The van der Waals surface area contributed by atoms with Crippen LogP contribution in [-0.4, -0.2) is 58.5 Å². The highest BCUT2D eigenvalue weighted by Gasteiger charge is 2.29. The van der Waals surface area contributed by atoms with Crippen LogP contribution in [0.4, 0.5) is 10.1 Å². The van der Waals surface area contributed by atoms with Crippen molar-refractivity contribution in [2.75, 3.05) is 31.1 Å². The predicted octanol–water partition coefficient (Wildman–Crippen LogP) is 3.88. The fourth-order valence-electron chi connectivity index (χ4n) is 5.31. The molecule has 1 aliphatic carbocycles. The average molecular weight is 526 g/mol. The molecule has 0 spiro atoms. The minimum Gasteiger partial charge on any atom is -0.366 e. The van der Waals surface area contributed by atoms with E-state index < -0.39 is 6.04 Å². The van der Waals surface area contributed by atoms with E-state index >= 15 is 0 Å². The highest BCUT2D eigenvalue weighted by atomic mass is 32.1. The molecule has 1 N–H and O–H groups in total. The summed E-state index contributed by atoms with van der Waals surface area (Å²) in [5.74, 6) is -0.610. The van der Waals surface area contributed by atoms with Crippen LogP contribution >= 0.6 is 11.3 Å². The maximum Gasteiger partial charge on any atom is 0.264 e. The molecule has 2 aromatic heterocycles. The number of aryl methyl sites for hydroxylation is 1. The van der Waals surface area contributed by atoms with Gasteiger partial charge in [-0.3, -0.25) is 19.0 Å². The van der Waals surface area contributed by atoms with E-state index in [4.69, 9.17) is 0 Å². The number of carbonyl (C=O) groups excluding carboxylic acids is 2. The molecule has 2 aliphatic rings. The number of hydrogen-bond donors (Lipinski definition) is 1. The highest BCUT2D eigenvalue weighted by molar-refractivity contribution is 7.20. The zero-order valence-electron chi connectivity index (χ0n) is 21.2. The smallest absolute Gasteiger partial charge is 0.264 e. The number of carbonyl (C=O) groups is 2. The molecule has 3 aromatic rings. The highest BCUT2D eigenvalue weighted by Crippen LogP contribution is 2.29. The van der Waals surface area contributed by atoms with Crippen molar-refractivity contribution in [2.24, 2.45) is 0 Å². The summed E-state index contributed by atoms with van der Waals surface area (Å²) >= 11 is 1.21. The summed E-state index contributed by atoms with van der Waals surface area (Å²) in [7, 11) is 0. The minimum absolute atomic E-state index is 0.150. The molecule has 3 heterocycles. The van der Waals surface area contributed by atoms with Gasteiger partial charge in [0.25, 0.3) is 11.5 Å². The van der Waals surface area contributed by atoms with Gasteiger partial charge in [0.1, 0.15) is 16.7 Å². The van der Waals surface area contributed by atoms with Gasteiger partial charge in [-0.1, -0.05) is 31.4 Å². The van der Waals surface area contributed by atoms with Crippen molar-refractivity contribution in [3.63, 3.8) is 0 Å². The number of thiophene rings is 1. The second-order valence-electron chi connectivity index (χ2n) is 9.94. The number of fused-ring (bicyclic) bond motifs is 1. The van der Waals surface area contributed by atoms with E-state index in [-0.39, 0.29) is 29.2 Å². The van der Waals surface area contributed by atoms with Crippen molar-refractivity contribution in [1.82, 2.24) is 19.8 Å². The summed E-state index contributed by atoms with van der Waals surface area (Å²) in [5, 5.41) is 3.47. The van der Waals surface area contributed by atoms with Crippen LogP contribution in [0.5, 0.6) is 0 Å². The first-order valence-corrected chi connectivity index (χ1v) is 13.8. The Morgan fingerprint density at radius 2 is 1.81 bits per heavy atom. The molecule has 2 amide bonds. The molecule has 8 nitrogen and oxygen atoms in total. The first-order chi connectivity index (χ1) is 17.8. The lowest BCUT2D eigenvalue weighted by atomic mass is 9.95. The number of hydrogen-bond acceptors (Lipinski definition) is 6. The molecule has 0 radical (unpaired) electrons. The number of rotatable bonds is 5. The van der Waals surface area contributed by atoms with Crippen LogP contribution in [-0.2, 0) is 4.79 Å². The van der Waals surface area contributed by atoms with E-state index in [1.54, 1.807) is 36.9 Å². The zero-order valence-corrected chi connectivity index (χ0v) is 22.0. The van der Waals surface area contributed by atoms with Crippen molar-refractivity contribution in [2.45, 2.75) is 58.0 Å². The van der Waals surface area contributed by atoms with Gasteiger partial charge in [0.15, 0.2) is 0 Å². The topological polar surface area (TPSA) is 87.5 Å². The monoisotopic (exact) mass is 525 g/mol. The first-order valence-electron chi connectivity index (χ1n) is 12.9. The van der Waals surface area contributed by atoms with Crippen LogP contribution in [0, 0.1) is 12.7 Å². The van der Waals surface area contributed by atoms with Crippen LogP contribution in [0.15, 0.2) is 35.4 Å². The Kier molecular flexibility index (Phi) is 7.28. The molecule has 37 heavy (non-hydrogen) atoms. The third-order valence-corrected chi connectivity index (χ3v) is 8.77. The van der Waals surface area contributed by atoms with Gasteiger partial charge in [0, 0.05) is 32.2 Å². The van der Waals surface area contributed by atoms with Crippen LogP contribution in [0.25, 0.3) is 10.2 Å². The summed E-state index contributed by atoms with van der Waals surface area (Å²) < 4.78 is 15.5. The third kappa shape index (κ3) is 4.99.